The van der Waals surface area contributed by atoms with Crippen LogP contribution in [0.5, 0.6) is 5.75 Å². The molecule has 5 nitrogen and oxygen atoms in total. The molecule has 0 aliphatic heterocycles. The van der Waals surface area contributed by atoms with Crippen molar-refractivity contribution >= 4 is 68.0 Å². The SMILES string of the molecule is COc1ccc(NC(=S)Nc2nn(Cc3ccc(Cl)c(Cl)c3)cc2Br)cc1. The molecule has 9 heteroatoms. The van der Waals surface area contributed by atoms with E-state index in [-0.39, 0.29) is 0 Å². The Morgan fingerprint density at radius 3 is 2.56 bits per heavy atom. The molecular weight excluding hydrogens is 471 g/mol. The van der Waals surface area contributed by atoms with Gasteiger partial charge in [0.1, 0.15) is 5.75 Å². The van der Waals surface area contributed by atoms with Crippen LogP contribution < -0.4 is 15.4 Å². The van der Waals surface area contributed by atoms with Crippen molar-refractivity contribution in [2.75, 3.05) is 17.7 Å². The van der Waals surface area contributed by atoms with Gasteiger partial charge in [0, 0.05) is 11.9 Å². The zero-order valence-electron chi connectivity index (χ0n) is 14.2. The first-order chi connectivity index (χ1) is 12.9. The molecule has 0 saturated heterocycles. The standard InChI is InChI=1S/C18H15BrCl2N4OS/c1-26-13-5-3-12(4-6-13)22-18(27)23-17-14(19)10-25(24-17)9-11-2-7-15(20)16(21)8-11/h2-8,10H,9H2,1H3,(H2,22,23,24,27). The maximum atomic E-state index is 6.06. The molecule has 1 aromatic heterocycles. The minimum Gasteiger partial charge on any atom is -0.497 e. The Balaban J connectivity index is 1.64. The fourth-order valence-electron chi connectivity index (χ4n) is 2.33. The van der Waals surface area contributed by atoms with Gasteiger partial charge < -0.3 is 15.4 Å². The summed E-state index contributed by atoms with van der Waals surface area (Å²) in [5.74, 6) is 1.39. The lowest BCUT2D eigenvalue weighted by Gasteiger charge is -2.09. The first-order valence-electron chi connectivity index (χ1n) is 7.83. The molecule has 0 bridgehead atoms. The highest BCUT2D eigenvalue weighted by molar-refractivity contribution is 9.10. The molecule has 1 heterocycles. The molecule has 2 aromatic carbocycles. The lowest BCUT2D eigenvalue weighted by atomic mass is 10.2. The molecule has 3 aromatic rings. The topological polar surface area (TPSA) is 51.1 Å². The van der Waals surface area contributed by atoms with Crippen LogP contribution in [-0.2, 0) is 6.54 Å². The smallest absolute Gasteiger partial charge is 0.176 e. The monoisotopic (exact) mass is 484 g/mol. The Morgan fingerprint density at radius 1 is 1.15 bits per heavy atom. The molecule has 0 saturated carbocycles. The molecule has 0 amide bonds. The maximum absolute atomic E-state index is 6.06. The van der Waals surface area contributed by atoms with Crippen LogP contribution >= 0.6 is 51.3 Å². The molecule has 2 N–H and O–H groups in total. The number of halogens is 3. The molecule has 0 aliphatic carbocycles. The lowest BCUT2D eigenvalue weighted by molar-refractivity contribution is 0.415. The van der Waals surface area contributed by atoms with Gasteiger partial charge in [-0.05, 0) is 70.1 Å². The summed E-state index contributed by atoms with van der Waals surface area (Å²) in [6.45, 7) is 0.551. The number of ether oxygens (including phenoxy) is 1. The second-order valence-corrected chi connectivity index (χ2v) is 7.66. The van der Waals surface area contributed by atoms with Crippen LogP contribution in [0.1, 0.15) is 5.56 Å². The minimum atomic E-state index is 0.431. The van der Waals surface area contributed by atoms with Crippen LogP contribution in [0.15, 0.2) is 53.1 Å². The zero-order valence-corrected chi connectivity index (χ0v) is 18.1. The van der Waals surface area contributed by atoms with Gasteiger partial charge in [0.15, 0.2) is 10.9 Å². The third-order valence-corrected chi connectivity index (χ3v) is 5.15. The Hall–Kier alpha value is -1.80. The molecule has 27 heavy (non-hydrogen) atoms. The number of rotatable bonds is 5. The van der Waals surface area contributed by atoms with E-state index >= 15 is 0 Å². The Morgan fingerprint density at radius 2 is 1.89 bits per heavy atom. The van der Waals surface area contributed by atoms with E-state index < -0.39 is 0 Å². The van der Waals surface area contributed by atoms with E-state index in [1.807, 2.05) is 42.6 Å². The predicted octanol–water partition coefficient (Wildman–Crippen LogP) is 5.82. The van der Waals surface area contributed by atoms with Crippen molar-refractivity contribution in [1.82, 2.24) is 9.78 Å². The largest absolute Gasteiger partial charge is 0.497 e. The first-order valence-corrected chi connectivity index (χ1v) is 9.79. The van der Waals surface area contributed by atoms with Gasteiger partial charge in [-0.3, -0.25) is 4.68 Å². The number of aromatic nitrogens is 2. The van der Waals surface area contributed by atoms with Crippen molar-refractivity contribution < 1.29 is 4.74 Å². The number of benzene rings is 2. The molecule has 0 aliphatic rings. The lowest BCUT2D eigenvalue weighted by Crippen LogP contribution is -2.19. The quantitative estimate of drug-likeness (QED) is 0.446. The van der Waals surface area contributed by atoms with E-state index in [9.17, 15) is 0 Å². The Kier molecular flexibility index (Phi) is 6.59. The average molecular weight is 486 g/mol. The van der Waals surface area contributed by atoms with Crippen molar-refractivity contribution in [3.8, 4) is 5.75 Å². The molecule has 0 spiro atoms. The van der Waals surface area contributed by atoms with E-state index in [2.05, 4.69) is 31.7 Å². The van der Waals surface area contributed by atoms with E-state index in [0.717, 1.165) is 21.5 Å². The fraction of sp³-hybridized carbons (Fsp3) is 0.111. The van der Waals surface area contributed by atoms with Crippen LogP contribution in [0.25, 0.3) is 0 Å². The molecule has 0 fully saturated rings. The number of methoxy groups -OCH3 is 1. The summed E-state index contributed by atoms with van der Waals surface area (Å²) in [5.41, 5.74) is 1.84. The van der Waals surface area contributed by atoms with Crippen molar-refractivity contribution in [3.63, 3.8) is 0 Å². The summed E-state index contributed by atoms with van der Waals surface area (Å²) >= 11 is 20.9. The zero-order chi connectivity index (χ0) is 19.4. The van der Waals surface area contributed by atoms with Gasteiger partial charge in [-0.1, -0.05) is 29.3 Å². The van der Waals surface area contributed by atoms with Crippen LogP contribution in [-0.4, -0.2) is 22.0 Å². The highest BCUT2D eigenvalue weighted by Gasteiger charge is 2.10. The first kappa shape index (κ1) is 19.9. The van der Waals surface area contributed by atoms with Gasteiger partial charge in [-0.15, -0.1) is 0 Å². The summed E-state index contributed by atoms with van der Waals surface area (Å²) in [4.78, 5) is 0. The summed E-state index contributed by atoms with van der Waals surface area (Å²) < 4.78 is 7.71. The van der Waals surface area contributed by atoms with Crippen LogP contribution in [0.2, 0.25) is 10.0 Å². The van der Waals surface area contributed by atoms with Crippen LogP contribution in [0.3, 0.4) is 0 Å². The Bertz CT molecular complexity index is 962. The molecule has 0 atom stereocenters. The van der Waals surface area contributed by atoms with Gasteiger partial charge in [0.2, 0.25) is 0 Å². The van der Waals surface area contributed by atoms with E-state index in [0.29, 0.717) is 27.5 Å². The van der Waals surface area contributed by atoms with Crippen molar-refractivity contribution in [1.29, 1.82) is 0 Å². The summed E-state index contributed by atoms with van der Waals surface area (Å²) in [7, 11) is 1.63. The average Bonchev–Trinajstić information content (AvgIpc) is 2.97. The minimum absolute atomic E-state index is 0.431. The molecule has 0 unspecified atom stereocenters. The van der Waals surface area contributed by atoms with Gasteiger partial charge in [0.25, 0.3) is 0 Å². The molecule has 0 radical (unpaired) electrons. The molecule has 3 rings (SSSR count). The molecule has 140 valence electrons. The second-order valence-electron chi connectivity index (χ2n) is 5.58. The fourth-order valence-corrected chi connectivity index (χ4v) is 3.28. The van der Waals surface area contributed by atoms with Crippen molar-refractivity contribution in [3.05, 3.63) is 68.7 Å². The van der Waals surface area contributed by atoms with Gasteiger partial charge in [0.05, 0.1) is 28.2 Å². The number of hydrogen-bond acceptors (Lipinski definition) is 3. The van der Waals surface area contributed by atoms with Crippen molar-refractivity contribution in [2.24, 2.45) is 0 Å². The van der Waals surface area contributed by atoms with Crippen LogP contribution in [0.4, 0.5) is 11.5 Å². The van der Waals surface area contributed by atoms with E-state index in [1.54, 1.807) is 17.9 Å². The van der Waals surface area contributed by atoms with Gasteiger partial charge in [-0.2, -0.15) is 5.10 Å². The van der Waals surface area contributed by atoms with Gasteiger partial charge in [-0.25, -0.2) is 0 Å². The van der Waals surface area contributed by atoms with Crippen molar-refractivity contribution in [2.45, 2.75) is 6.54 Å². The highest BCUT2D eigenvalue weighted by atomic mass is 79.9. The predicted molar refractivity (Wildman–Crippen MR) is 118 cm³/mol. The number of nitrogens with one attached hydrogen (secondary N) is 2. The normalized spacial score (nSPS) is 10.5. The highest BCUT2D eigenvalue weighted by Crippen LogP contribution is 2.25. The van der Waals surface area contributed by atoms with Crippen LogP contribution in [0, 0.1) is 0 Å². The molecular formula is C18H15BrCl2N4OS. The van der Waals surface area contributed by atoms with E-state index in [1.165, 1.54) is 0 Å². The Labute approximate surface area is 180 Å². The number of thiocarbonyl (C=S) groups is 1. The summed E-state index contributed by atoms with van der Waals surface area (Å²) in [6.07, 6.45) is 1.86. The summed E-state index contributed by atoms with van der Waals surface area (Å²) in [6, 6.07) is 13.0. The third kappa shape index (κ3) is 5.35. The maximum Gasteiger partial charge on any atom is 0.176 e. The van der Waals surface area contributed by atoms with Gasteiger partial charge >= 0.3 is 0 Å². The number of anilines is 2. The number of nitrogens with zero attached hydrogens (tertiary/aromatic N) is 2. The third-order valence-electron chi connectivity index (χ3n) is 3.63. The second kappa shape index (κ2) is 8.93. The summed E-state index contributed by atoms with van der Waals surface area (Å²) in [5, 5.41) is 12.2. The van der Waals surface area contributed by atoms with E-state index in [4.69, 9.17) is 40.2 Å². The number of hydrogen-bond donors (Lipinski definition) is 2.